The number of rotatable bonds is 5. The van der Waals surface area contributed by atoms with Crippen LogP contribution in [0.4, 0.5) is 5.69 Å². The van der Waals surface area contributed by atoms with E-state index in [1.165, 1.54) is 0 Å². The molecule has 4 rings (SSSR count). The average Bonchev–Trinajstić information content (AvgIpc) is 3.13. The first-order chi connectivity index (χ1) is 13.2. The molecule has 0 saturated carbocycles. The Hall–Kier alpha value is -3.32. The van der Waals surface area contributed by atoms with Crippen LogP contribution in [0.1, 0.15) is 12.0 Å². The van der Waals surface area contributed by atoms with E-state index in [2.05, 4.69) is 32.5 Å². The van der Waals surface area contributed by atoms with Gasteiger partial charge in [0, 0.05) is 36.9 Å². The molecule has 0 fully saturated rings. The molecule has 27 heavy (non-hydrogen) atoms. The third kappa shape index (κ3) is 3.63. The van der Waals surface area contributed by atoms with Gasteiger partial charge < -0.3 is 20.1 Å². The number of hydrogen-bond donors (Lipinski definition) is 2. The van der Waals surface area contributed by atoms with Gasteiger partial charge in [0.2, 0.25) is 0 Å². The molecule has 7 heteroatoms. The van der Waals surface area contributed by atoms with Crippen LogP contribution >= 0.6 is 0 Å². The molecule has 2 aromatic rings. The zero-order valence-corrected chi connectivity index (χ0v) is 15.0. The second-order valence-electron chi connectivity index (χ2n) is 6.18. The molecule has 1 aromatic heterocycles. The number of aliphatic imine (C=N–C) groups is 1. The van der Waals surface area contributed by atoms with Gasteiger partial charge in [-0.25, -0.2) is 4.99 Å². The van der Waals surface area contributed by atoms with Crippen LogP contribution in [0, 0.1) is 0 Å². The van der Waals surface area contributed by atoms with Crippen LogP contribution in [0.2, 0.25) is 0 Å². The summed E-state index contributed by atoms with van der Waals surface area (Å²) in [7, 11) is 1.91. The van der Waals surface area contributed by atoms with Crippen molar-refractivity contribution in [2.75, 3.05) is 18.5 Å². The maximum absolute atomic E-state index is 8.83. The van der Waals surface area contributed by atoms with Crippen LogP contribution in [0.15, 0.2) is 71.9 Å². The number of anilines is 1. The maximum atomic E-state index is 8.83. The minimum atomic E-state index is -0.0000825. The molecule has 2 N–H and O–H groups in total. The summed E-state index contributed by atoms with van der Waals surface area (Å²) in [6.45, 7) is 0.287. The van der Waals surface area contributed by atoms with E-state index in [0.29, 0.717) is 0 Å². The van der Waals surface area contributed by atoms with Gasteiger partial charge in [-0.3, -0.25) is 4.68 Å². The predicted molar refractivity (Wildman–Crippen MR) is 105 cm³/mol. The van der Waals surface area contributed by atoms with E-state index in [-0.39, 0.29) is 13.2 Å². The summed E-state index contributed by atoms with van der Waals surface area (Å²) in [5.41, 5.74) is 4.09. The highest BCUT2D eigenvalue weighted by Gasteiger charge is 2.24. The number of allylic oxidation sites excluding steroid dienone is 2. The number of nitrogens with one attached hydrogen (secondary N) is 1. The fourth-order valence-corrected chi connectivity index (χ4v) is 3.06. The molecular weight excluding hydrogens is 342 g/mol. The van der Waals surface area contributed by atoms with Gasteiger partial charge in [0.25, 0.3) is 0 Å². The Kier molecular flexibility index (Phi) is 4.76. The molecule has 138 valence electrons. The highest BCUT2D eigenvalue weighted by molar-refractivity contribution is 6.09. The lowest BCUT2D eigenvalue weighted by Crippen LogP contribution is -2.30. The van der Waals surface area contributed by atoms with E-state index in [1.54, 1.807) is 10.9 Å². The topological polar surface area (TPSA) is 74.9 Å². The molecule has 0 bridgehead atoms. The number of benzene rings is 1. The van der Waals surface area contributed by atoms with Crippen molar-refractivity contribution in [3.05, 3.63) is 72.5 Å². The first-order valence-corrected chi connectivity index (χ1v) is 8.79. The molecule has 0 radical (unpaired) electrons. The maximum Gasteiger partial charge on any atom is 0.154 e. The van der Waals surface area contributed by atoms with Crippen molar-refractivity contribution in [1.82, 2.24) is 14.7 Å². The Morgan fingerprint density at radius 2 is 2.00 bits per heavy atom. The van der Waals surface area contributed by atoms with Crippen molar-refractivity contribution < 1.29 is 9.84 Å². The molecule has 0 spiro atoms. The number of nitrogens with zero attached hydrogens (tertiary/aromatic N) is 4. The number of amidine groups is 1. The van der Waals surface area contributed by atoms with Crippen LogP contribution in [0.3, 0.4) is 0 Å². The smallest absolute Gasteiger partial charge is 0.154 e. The summed E-state index contributed by atoms with van der Waals surface area (Å²) >= 11 is 0. The van der Waals surface area contributed by atoms with Gasteiger partial charge in [0.1, 0.15) is 12.4 Å². The lowest BCUT2D eigenvalue weighted by atomic mass is 10.1. The van der Waals surface area contributed by atoms with Crippen molar-refractivity contribution in [3.8, 4) is 5.75 Å². The largest absolute Gasteiger partial charge is 0.491 e. The highest BCUT2D eigenvalue weighted by Crippen LogP contribution is 2.31. The number of ether oxygens (including phenoxy) is 1. The van der Waals surface area contributed by atoms with E-state index in [4.69, 9.17) is 9.84 Å². The molecule has 0 atom stereocenters. The Morgan fingerprint density at radius 1 is 1.19 bits per heavy atom. The second-order valence-corrected chi connectivity index (χ2v) is 6.18. The Labute approximate surface area is 157 Å². The summed E-state index contributed by atoms with van der Waals surface area (Å²) in [6.07, 6.45) is 12.8. The molecule has 2 aliphatic heterocycles. The van der Waals surface area contributed by atoms with E-state index in [0.717, 1.165) is 40.7 Å². The first-order valence-electron chi connectivity index (χ1n) is 8.79. The number of hydrogen-bond acceptors (Lipinski definition) is 6. The average molecular weight is 363 g/mol. The molecule has 3 heterocycles. The second kappa shape index (κ2) is 7.51. The number of aryl methyl sites for hydroxylation is 1. The molecule has 0 unspecified atom stereocenters. The fraction of sp³-hybridized carbons (Fsp3) is 0.200. The molecule has 7 nitrogen and oxygen atoms in total. The van der Waals surface area contributed by atoms with Crippen molar-refractivity contribution in [2.45, 2.75) is 6.42 Å². The van der Waals surface area contributed by atoms with Gasteiger partial charge >= 0.3 is 0 Å². The van der Waals surface area contributed by atoms with E-state index < -0.39 is 0 Å². The molecule has 0 amide bonds. The van der Waals surface area contributed by atoms with Crippen molar-refractivity contribution in [3.63, 3.8) is 0 Å². The SMILES string of the molecule is Cn1cc(C2=CCC=C3C(Nc4ccc(OCCO)cc4)=NC=CN32)cn1. The monoisotopic (exact) mass is 363 g/mol. The fourth-order valence-electron chi connectivity index (χ4n) is 3.06. The van der Waals surface area contributed by atoms with Crippen molar-refractivity contribution in [2.24, 2.45) is 12.0 Å². The van der Waals surface area contributed by atoms with Gasteiger partial charge in [-0.05, 0) is 30.7 Å². The van der Waals surface area contributed by atoms with Gasteiger partial charge in [-0.1, -0.05) is 12.2 Å². The number of aliphatic hydroxyl groups is 1. The lowest BCUT2D eigenvalue weighted by Gasteiger charge is -2.31. The number of aromatic nitrogens is 2. The van der Waals surface area contributed by atoms with Gasteiger partial charge in [0.15, 0.2) is 5.84 Å². The van der Waals surface area contributed by atoms with Crippen LogP contribution in [0.5, 0.6) is 5.75 Å². The van der Waals surface area contributed by atoms with Crippen LogP contribution in [-0.2, 0) is 7.05 Å². The lowest BCUT2D eigenvalue weighted by molar-refractivity contribution is 0.201. The standard InChI is InChI=1S/C20H21N5O2/c1-24-14-15(13-22-24)18-3-2-4-19-20(21-9-10-25(18)19)23-16-5-7-17(8-6-16)27-12-11-26/h3-10,13-14,26H,2,11-12H2,1H3,(H,21,23). The summed E-state index contributed by atoms with van der Waals surface area (Å²) in [5, 5.41) is 16.5. The third-order valence-electron chi connectivity index (χ3n) is 4.28. The summed E-state index contributed by atoms with van der Waals surface area (Å²) in [5.74, 6) is 1.51. The van der Waals surface area contributed by atoms with Crippen LogP contribution in [0.25, 0.3) is 5.70 Å². The zero-order valence-electron chi connectivity index (χ0n) is 15.0. The summed E-state index contributed by atoms with van der Waals surface area (Å²) in [6, 6.07) is 7.59. The van der Waals surface area contributed by atoms with Crippen molar-refractivity contribution in [1.29, 1.82) is 0 Å². The first kappa shape index (κ1) is 17.1. The molecule has 0 aliphatic carbocycles. The van der Waals surface area contributed by atoms with E-state index >= 15 is 0 Å². The van der Waals surface area contributed by atoms with Gasteiger partial charge in [0.05, 0.1) is 24.2 Å². The number of aliphatic hydroxyl groups excluding tert-OH is 1. The van der Waals surface area contributed by atoms with Crippen molar-refractivity contribution >= 4 is 17.2 Å². The molecule has 0 saturated heterocycles. The Balaban J connectivity index is 1.51. The van der Waals surface area contributed by atoms with Gasteiger partial charge in [-0.2, -0.15) is 5.10 Å². The van der Waals surface area contributed by atoms with Crippen LogP contribution in [-0.4, -0.2) is 38.8 Å². The van der Waals surface area contributed by atoms with Gasteiger partial charge in [-0.15, -0.1) is 0 Å². The zero-order chi connectivity index (χ0) is 18.6. The predicted octanol–water partition coefficient (Wildman–Crippen LogP) is 2.72. The summed E-state index contributed by atoms with van der Waals surface area (Å²) in [4.78, 5) is 6.64. The third-order valence-corrected chi connectivity index (χ3v) is 4.28. The Morgan fingerprint density at radius 3 is 2.74 bits per heavy atom. The molecular formula is C20H21N5O2. The summed E-state index contributed by atoms with van der Waals surface area (Å²) < 4.78 is 7.20. The molecule has 2 aliphatic rings. The van der Waals surface area contributed by atoms with Crippen LogP contribution < -0.4 is 10.1 Å². The normalized spacial score (nSPS) is 15.6. The number of fused-ring (bicyclic) bond motifs is 1. The quantitative estimate of drug-likeness (QED) is 0.854. The molecule has 1 aromatic carbocycles. The minimum Gasteiger partial charge on any atom is -0.491 e. The highest BCUT2D eigenvalue weighted by atomic mass is 16.5. The Bertz CT molecular complexity index is 938. The van der Waals surface area contributed by atoms with E-state index in [9.17, 15) is 0 Å². The minimum absolute atomic E-state index is 0.0000825. The van der Waals surface area contributed by atoms with E-state index in [1.807, 2.05) is 49.9 Å².